The monoisotopic (exact) mass is 174 g/mol. The van der Waals surface area contributed by atoms with Crippen molar-refractivity contribution in [3.8, 4) is 0 Å². The Kier molecular flexibility index (Phi) is 2.58. The summed E-state index contributed by atoms with van der Waals surface area (Å²) >= 11 is 11.5. The zero-order valence-corrected chi connectivity index (χ0v) is 7.21. The van der Waals surface area contributed by atoms with Gasteiger partial charge in [-0.15, -0.1) is 0 Å². The average molecular weight is 175 g/mol. The van der Waals surface area contributed by atoms with E-state index in [-0.39, 0.29) is 0 Å². The lowest BCUT2D eigenvalue weighted by molar-refractivity contribution is 1.22. The van der Waals surface area contributed by atoms with Crippen molar-refractivity contribution in [1.29, 1.82) is 0 Å². The van der Waals surface area contributed by atoms with Gasteiger partial charge in [-0.2, -0.15) is 0 Å². The molecule has 0 fully saturated rings. The molecule has 0 spiro atoms. The summed E-state index contributed by atoms with van der Waals surface area (Å²) in [6.07, 6.45) is 6.61. The summed E-state index contributed by atoms with van der Waals surface area (Å²) in [5, 5.41) is 1.27. The molecule has 0 aromatic carbocycles. The van der Waals surface area contributed by atoms with Crippen LogP contribution in [-0.4, -0.2) is 0 Å². The van der Waals surface area contributed by atoms with Crippen LogP contribution in [0.5, 0.6) is 0 Å². The van der Waals surface area contributed by atoms with Gasteiger partial charge in [0.2, 0.25) is 0 Å². The molecule has 54 valence electrons. The first-order valence-electron chi connectivity index (χ1n) is 3.09. The Morgan fingerprint density at radius 3 is 2.60 bits per heavy atom. The van der Waals surface area contributed by atoms with Crippen LogP contribution in [0.25, 0.3) is 0 Å². The summed E-state index contributed by atoms with van der Waals surface area (Å²) < 4.78 is 0. The van der Waals surface area contributed by atoms with E-state index < -0.39 is 0 Å². The third kappa shape index (κ3) is 1.89. The molecule has 10 heavy (non-hydrogen) atoms. The molecular weight excluding hydrogens is 167 g/mol. The van der Waals surface area contributed by atoms with Gasteiger partial charge in [0.25, 0.3) is 0 Å². The summed E-state index contributed by atoms with van der Waals surface area (Å²) in [4.78, 5) is 0. The Balaban J connectivity index is 2.90. The van der Waals surface area contributed by atoms with Gasteiger partial charge in [-0.25, -0.2) is 0 Å². The van der Waals surface area contributed by atoms with Crippen molar-refractivity contribution < 1.29 is 0 Å². The lowest BCUT2D eigenvalue weighted by atomic mass is 10.2. The third-order valence-corrected chi connectivity index (χ3v) is 2.13. The maximum atomic E-state index is 5.76. The average Bonchev–Trinajstić information content (AvgIpc) is 2.04. The normalized spacial score (nSPS) is 18.9. The highest BCUT2D eigenvalue weighted by Crippen LogP contribution is 2.23. The fourth-order valence-electron chi connectivity index (χ4n) is 0.711. The molecule has 0 radical (unpaired) electrons. The molecule has 1 rings (SSSR count). The maximum absolute atomic E-state index is 5.76. The van der Waals surface area contributed by atoms with Gasteiger partial charge in [0, 0.05) is 0 Å². The van der Waals surface area contributed by atoms with Crippen molar-refractivity contribution in [3.63, 3.8) is 0 Å². The maximum Gasteiger partial charge on any atom is 0.0589 e. The largest absolute Gasteiger partial charge is 0.0831 e. The lowest BCUT2D eigenvalue weighted by Gasteiger charge is -1.90. The summed E-state index contributed by atoms with van der Waals surface area (Å²) in [6.45, 7) is 2.05. The highest BCUT2D eigenvalue weighted by atomic mass is 35.5. The van der Waals surface area contributed by atoms with Crippen molar-refractivity contribution in [1.82, 2.24) is 0 Å². The second-order valence-electron chi connectivity index (χ2n) is 2.28. The second-order valence-corrected chi connectivity index (χ2v) is 3.10. The van der Waals surface area contributed by atoms with E-state index >= 15 is 0 Å². The Morgan fingerprint density at radius 1 is 1.20 bits per heavy atom. The molecule has 0 N–H and O–H groups in total. The first-order valence-corrected chi connectivity index (χ1v) is 3.85. The van der Waals surface area contributed by atoms with Gasteiger partial charge in [-0.05, 0) is 19.4 Å². The molecule has 0 unspecified atom stereocenters. The number of hydrogen-bond acceptors (Lipinski definition) is 0. The molecule has 0 nitrogen and oxygen atoms in total. The van der Waals surface area contributed by atoms with Crippen LogP contribution in [0.15, 0.2) is 33.9 Å². The van der Waals surface area contributed by atoms with E-state index in [4.69, 9.17) is 23.2 Å². The molecule has 0 bridgehead atoms. The fourth-order valence-corrected chi connectivity index (χ4v) is 0.991. The molecule has 1 aliphatic rings. The molecule has 0 heterocycles. The van der Waals surface area contributed by atoms with Gasteiger partial charge in [0.15, 0.2) is 0 Å². The summed E-state index contributed by atoms with van der Waals surface area (Å²) in [7, 11) is 0. The fraction of sp³-hybridized carbons (Fsp3) is 0.250. The Bertz CT molecular complexity index is 221. The molecule has 0 aromatic heterocycles. The van der Waals surface area contributed by atoms with Crippen LogP contribution in [-0.2, 0) is 0 Å². The highest BCUT2D eigenvalue weighted by Gasteiger charge is 2.00. The SMILES string of the molecule is CC1=CC=C(Cl)C(Cl)=CC1. The van der Waals surface area contributed by atoms with Crippen molar-refractivity contribution in [2.45, 2.75) is 13.3 Å². The Morgan fingerprint density at radius 2 is 1.90 bits per heavy atom. The minimum atomic E-state index is 0.624. The minimum absolute atomic E-state index is 0.624. The summed E-state index contributed by atoms with van der Waals surface area (Å²) in [6, 6.07) is 0. The van der Waals surface area contributed by atoms with Crippen LogP contribution in [0.3, 0.4) is 0 Å². The predicted octanol–water partition coefficient (Wildman–Crippen LogP) is 3.58. The molecular formula is C8H8Cl2. The number of allylic oxidation sites excluding steroid dienone is 6. The van der Waals surface area contributed by atoms with E-state index in [0.717, 1.165) is 6.42 Å². The molecule has 0 aromatic rings. The third-order valence-electron chi connectivity index (χ3n) is 1.35. The minimum Gasteiger partial charge on any atom is -0.0831 e. The van der Waals surface area contributed by atoms with Gasteiger partial charge >= 0.3 is 0 Å². The van der Waals surface area contributed by atoms with Gasteiger partial charge in [-0.3, -0.25) is 0 Å². The lowest BCUT2D eigenvalue weighted by Crippen LogP contribution is -1.69. The van der Waals surface area contributed by atoms with E-state index in [0.29, 0.717) is 10.1 Å². The van der Waals surface area contributed by atoms with Gasteiger partial charge in [0.1, 0.15) is 0 Å². The Hall–Kier alpha value is -0.200. The first-order chi connectivity index (χ1) is 4.70. The zero-order valence-electron chi connectivity index (χ0n) is 5.70. The van der Waals surface area contributed by atoms with Crippen LogP contribution >= 0.6 is 23.2 Å². The van der Waals surface area contributed by atoms with E-state index in [2.05, 4.69) is 0 Å². The van der Waals surface area contributed by atoms with E-state index in [1.807, 2.05) is 25.2 Å². The summed E-state index contributed by atoms with van der Waals surface area (Å²) in [5.74, 6) is 0. The number of rotatable bonds is 0. The molecule has 0 aliphatic heterocycles. The first kappa shape index (κ1) is 7.90. The van der Waals surface area contributed by atoms with E-state index in [9.17, 15) is 0 Å². The highest BCUT2D eigenvalue weighted by molar-refractivity contribution is 6.44. The standard InChI is InChI=1S/C8H8Cl2/c1-6-2-4-7(9)8(10)5-3-6/h2,4-5H,3H2,1H3. The zero-order chi connectivity index (χ0) is 7.56. The number of hydrogen-bond donors (Lipinski definition) is 0. The predicted molar refractivity (Wildman–Crippen MR) is 46.2 cm³/mol. The van der Waals surface area contributed by atoms with Crippen molar-refractivity contribution in [2.75, 3.05) is 0 Å². The van der Waals surface area contributed by atoms with Gasteiger partial charge in [-0.1, -0.05) is 40.9 Å². The second kappa shape index (κ2) is 3.27. The van der Waals surface area contributed by atoms with E-state index in [1.54, 1.807) is 0 Å². The molecule has 0 atom stereocenters. The number of halogens is 2. The van der Waals surface area contributed by atoms with Gasteiger partial charge in [0.05, 0.1) is 10.1 Å². The molecule has 1 aliphatic carbocycles. The van der Waals surface area contributed by atoms with Crippen LogP contribution in [0.2, 0.25) is 0 Å². The van der Waals surface area contributed by atoms with Crippen LogP contribution < -0.4 is 0 Å². The van der Waals surface area contributed by atoms with Crippen LogP contribution in [0, 0.1) is 0 Å². The quantitative estimate of drug-likeness (QED) is 0.527. The molecule has 0 saturated heterocycles. The van der Waals surface area contributed by atoms with E-state index in [1.165, 1.54) is 5.57 Å². The van der Waals surface area contributed by atoms with Gasteiger partial charge < -0.3 is 0 Å². The molecule has 0 saturated carbocycles. The van der Waals surface area contributed by atoms with Crippen LogP contribution in [0.4, 0.5) is 0 Å². The van der Waals surface area contributed by atoms with Crippen molar-refractivity contribution >= 4 is 23.2 Å². The topological polar surface area (TPSA) is 0 Å². The van der Waals surface area contributed by atoms with Crippen LogP contribution in [0.1, 0.15) is 13.3 Å². The molecule has 2 heteroatoms. The van der Waals surface area contributed by atoms with Crippen molar-refractivity contribution in [3.05, 3.63) is 33.9 Å². The smallest absolute Gasteiger partial charge is 0.0589 e. The van der Waals surface area contributed by atoms with Crippen molar-refractivity contribution in [2.24, 2.45) is 0 Å². The molecule has 0 amide bonds. The Labute approximate surface area is 70.8 Å². The summed E-state index contributed by atoms with van der Waals surface area (Å²) in [5.41, 5.74) is 1.27.